The molecule has 1 aliphatic carbocycles. The molecule has 0 radical (unpaired) electrons. The Kier molecular flexibility index (Phi) is 4.04. The fourth-order valence-electron chi connectivity index (χ4n) is 4.19. The van der Waals surface area contributed by atoms with Gasteiger partial charge in [-0.3, -0.25) is 4.79 Å². The lowest BCUT2D eigenvalue weighted by Crippen LogP contribution is -2.50. The zero-order valence-corrected chi connectivity index (χ0v) is 15.9. The molecule has 1 saturated carbocycles. The maximum absolute atomic E-state index is 13.0. The van der Waals surface area contributed by atoms with Crippen LogP contribution in [0.1, 0.15) is 35.6 Å². The lowest BCUT2D eigenvalue weighted by molar-refractivity contribution is -0.0901. The molecule has 1 amide bonds. The number of imidazole rings is 1. The summed E-state index contributed by atoms with van der Waals surface area (Å²) in [5, 5.41) is 3.61. The van der Waals surface area contributed by atoms with Crippen molar-refractivity contribution in [1.82, 2.24) is 29.8 Å². The van der Waals surface area contributed by atoms with E-state index >= 15 is 0 Å². The predicted molar refractivity (Wildman–Crippen MR) is 102 cm³/mol. The number of nitrogens with one attached hydrogen (secondary N) is 2. The van der Waals surface area contributed by atoms with Crippen molar-refractivity contribution in [2.45, 2.75) is 50.2 Å². The van der Waals surface area contributed by atoms with E-state index < -0.39 is 12.0 Å². The highest BCUT2D eigenvalue weighted by molar-refractivity contribution is 5.92. The van der Waals surface area contributed by atoms with Gasteiger partial charge in [0.05, 0.1) is 5.39 Å². The van der Waals surface area contributed by atoms with Gasteiger partial charge in [-0.05, 0) is 12.5 Å². The summed E-state index contributed by atoms with van der Waals surface area (Å²) in [4.78, 5) is 30.7. The van der Waals surface area contributed by atoms with Crippen LogP contribution in [0, 0.1) is 0 Å². The minimum Gasteiger partial charge on any atom is -0.356 e. The number of aromatic nitrogens is 5. The average Bonchev–Trinajstić information content (AvgIpc) is 3.31. The highest BCUT2D eigenvalue weighted by Crippen LogP contribution is 2.37. The van der Waals surface area contributed by atoms with Crippen molar-refractivity contribution < 1.29 is 13.6 Å². The maximum Gasteiger partial charge on any atom is 0.271 e. The van der Waals surface area contributed by atoms with Crippen molar-refractivity contribution >= 4 is 22.8 Å². The first-order valence-electron chi connectivity index (χ1n) is 9.65. The molecule has 2 N–H and O–H groups in total. The quantitative estimate of drug-likeness (QED) is 0.699. The Morgan fingerprint density at radius 1 is 1.38 bits per heavy atom. The fourth-order valence-corrected chi connectivity index (χ4v) is 4.19. The average molecular weight is 401 g/mol. The van der Waals surface area contributed by atoms with Crippen molar-refractivity contribution in [2.75, 3.05) is 11.9 Å². The van der Waals surface area contributed by atoms with Gasteiger partial charge in [-0.1, -0.05) is 0 Å². The van der Waals surface area contributed by atoms with Gasteiger partial charge in [-0.15, -0.1) is 0 Å². The number of hydrogen-bond donors (Lipinski definition) is 2. The Morgan fingerprint density at radius 3 is 3.00 bits per heavy atom. The number of carbonyl (C=O) groups excluding carboxylic acids is 1. The third kappa shape index (κ3) is 3.22. The Labute approximate surface area is 165 Å². The molecule has 2 aliphatic rings. The number of nitrogens with zero attached hydrogens (tertiary/aromatic N) is 5. The standard InChI is InChI=1S/C19H21F2N7O/c1-27(17-13-2-4-22-16(13)23-10-24-17)12-3-5-28-9-14(26-15(28)6-12)18(29)25-11-7-19(20,21)8-11/h2,4,9-12H,3,5-8H2,1H3,(H,25,29)(H,22,23,24). The number of aromatic amines is 1. The fraction of sp³-hybridized carbons (Fsp3) is 0.474. The molecule has 1 unspecified atom stereocenters. The van der Waals surface area contributed by atoms with Crippen LogP contribution in [0.3, 0.4) is 0 Å². The minimum absolute atomic E-state index is 0.180. The molecule has 152 valence electrons. The van der Waals surface area contributed by atoms with Crippen LogP contribution in [0.15, 0.2) is 24.8 Å². The van der Waals surface area contributed by atoms with Crippen molar-refractivity contribution in [2.24, 2.45) is 0 Å². The van der Waals surface area contributed by atoms with Gasteiger partial charge in [0.15, 0.2) is 0 Å². The second-order valence-corrected chi connectivity index (χ2v) is 7.87. The maximum atomic E-state index is 13.0. The molecule has 1 fully saturated rings. The summed E-state index contributed by atoms with van der Waals surface area (Å²) in [6, 6.07) is 1.66. The van der Waals surface area contributed by atoms with Crippen LogP contribution in [-0.2, 0) is 13.0 Å². The predicted octanol–water partition coefficient (Wildman–Crippen LogP) is 2.13. The SMILES string of the molecule is CN(c1ncnc2[nH]ccc12)C1CCn2cc(C(=O)NC3CC(F)(F)C3)nc2C1. The van der Waals surface area contributed by atoms with Crippen LogP contribution in [-0.4, -0.2) is 55.5 Å². The van der Waals surface area contributed by atoms with E-state index in [9.17, 15) is 13.6 Å². The van der Waals surface area contributed by atoms with E-state index in [2.05, 4.69) is 30.2 Å². The largest absolute Gasteiger partial charge is 0.356 e. The highest BCUT2D eigenvalue weighted by Gasteiger charge is 2.46. The number of rotatable bonds is 4. The first kappa shape index (κ1) is 18.0. The first-order valence-corrected chi connectivity index (χ1v) is 9.65. The number of anilines is 1. The molecular formula is C19H21F2N7O. The lowest BCUT2D eigenvalue weighted by atomic mass is 9.88. The van der Waals surface area contributed by atoms with Crippen LogP contribution in [0.5, 0.6) is 0 Å². The van der Waals surface area contributed by atoms with Crippen molar-refractivity contribution in [1.29, 1.82) is 0 Å². The number of alkyl halides is 2. The number of aryl methyl sites for hydroxylation is 1. The van der Waals surface area contributed by atoms with Crippen LogP contribution < -0.4 is 10.2 Å². The smallest absolute Gasteiger partial charge is 0.271 e. The molecule has 8 nitrogen and oxygen atoms in total. The molecule has 10 heteroatoms. The van der Waals surface area contributed by atoms with Gasteiger partial charge < -0.3 is 19.8 Å². The molecular weight excluding hydrogens is 380 g/mol. The van der Waals surface area contributed by atoms with E-state index in [4.69, 9.17) is 0 Å². The van der Waals surface area contributed by atoms with Crippen molar-refractivity contribution in [3.8, 4) is 0 Å². The summed E-state index contributed by atoms with van der Waals surface area (Å²) in [5.41, 5.74) is 1.08. The van der Waals surface area contributed by atoms with E-state index in [-0.39, 0.29) is 30.5 Å². The van der Waals surface area contributed by atoms with Gasteiger partial charge >= 0.3 is 0 Å². The zero-order chi connectivity index (χ0) is 20.2. The van der Waals surface area contributed by atoms with Gasteiger partial charge in [-0.25, -0.2) is 23.7 Å². The van der Waals surface area contributed by atoms with Crippen molar-refractivity contribution in [3.05, 3.63) is 36.3 Å². The van der Waals surface area contributed by atoms with E-state index in [1.807, 2.05) is 23.9 Å². The molecule has 29 heavy (non-hydrogen) atoms. The molecule has 4 heterocycles. The minimum atomic E-state index is -2.66. The van der Waals surface area contributed by atoms with Crippen LogP contribution in [0.4, 0.5) is 14.6 Å². The molecule has 0 saturated heterocycles. The topological polar surface area (TPSA) is 91.7 Å². The summed E-state index contributed by atoms with van der Waals surface area (Å²) >= 11 is 0. The number of fused-ring (bicyclic) bond motifs is 2. The van der Waals surface area contributed by atoms with Gasteiger partial charge in [0.1, 0.15) is 29.3 Å². The van der Waals surface area contributed by atoms with Crippen LogP contribution >= 0.6 is 0 Å². The normalized spacial score (nSPS) is 20.9. The van der Waals surface area contributed by atoms with E-state index in [1.54, 1.807) is 12.5 Å². The number of amides is 1. The van der Waals surface area contributed by atoms with Crippen LogP contribution in [0.2, 0.25) is 0 Å². The number of likely N-dealkylation sites (N-methyl/N-ethyl adjacent to an activating group) is 1. The van der Waals surface area contributed by atoms with Gasteiger partial charge in [0, 0.05) is 57.3 Å². The summed E-state index contributed by atoms with van der Waals surface area (Å²) in [5.74, 6) is -1.38. The number of carbonyl (C=O) groups is 1. The molecule has 5 rings (SSSR count). The number of halogens is 2. The third-order valence-electron chi connectivity index (χ3n) is 5.85. The highest BCUT2D eigenvalue weighted by atomic mass is 19.3. The zero-order valence-electron chi connectivity index (χ0n) is 15.9. The molecule has 0 bridgehead atoms. The molecule has 1 aliphatic heterocycles. The molecule has 0 aromatic carbocycles. The third-order valence-corrected chi connectivity index (χ3v) is 5.85. The second-order valence-electron chi connectivity index (χ2n) is 7.87. The Bertz CT molecular complexity index is 1070. The monoisotopic (exact) mass is 401 g/mol. The van der Waals surface area contributed by atoms with E-state index in [0.717, 1.165) is 35.6 Å². The Hall–Kier alpha value is -3.04. The van der Waals surface area contributed by atoms with Crippen molar-refractivity contribution in [3.63, 3.8) is 0 Å². The lowest BCUT2D eigenvalue weighted by Gasteiger charge is -2.35. The summed E-state index contributed by atoms with van der Waals surface area (Å²) in [6.07, 6.45) is 6.05. The molecule has 3 aromatic heterocycles. The van der Waals surface area contributed by atoms with Gasteiger partial charge in [0.25, 0.3) is 11.8 Å². The Morgan fingerprint density at radius 2 is 2.21 bits per heavy atom. The van der Waals surface area contributed by atoms with E-state index in [1.165, 1.54) is 0 Å². The van der Waals surface area contributed by atoms with Crippen LogP contribution in [0.25, 0.3) is 11.0 Å². The van der Waals surface area contributed by atoms with Gasteiger partial charge in [0.2, 0.25) is 0 Å². The van der Waals surface area contributed by atoms with E-state index in [0.29, 0.717) is 6.42 Å². The molecule has 3 aromatic rings. The summed E-state index contributed by atoms with van der Waals surface area (Å²) in [6.45, 7) is 0.730. The molecule has 1 atom stereocenters. The summed E-state index contributed by atoms with van der Waals surface area (Å²) in [7, 11) is 2.00. The number of H-pyrrole nitrogens is 1. The first-order chi connectivity index (χ1) is 13.9. The Balaban J connectivity index is 1.30. The summed E-state index contributed by atoms with van der Waals surface area (Å²) < 4.78 is 27.9. The molecule has 0 spiro atoms. The van der Waals surface area contributed by atoms with Gasteiger partial charge in [-0.2, -0.15) is 0 Å². The second kappa shape index (κ2) is 6.50. The number of hydrogen-bond acceptors (Lipinski definition) is 5.